The van der Waals surface area contributed by atoms with Crippen molar-refractivity contribution in [1.29, 1.82) is 0 Å². The number of fused-ring (bicyclic) bond motifs is 2. The summed E-state index contributed by atoms with van der Waals surface area (Å²) in [6.07, 6.45) is 8.79. The minimum Gasteiger partial charge on any atom is -0.340 e. The summed E-state index contributed by atoms with van der Waals surface area (Å²) >= 11 is 0. The summed E-state index contributed by atoms with van der Waals surface area (Å²) in [5.74, 6) is 1.90. The molecule has 0 radical (unpaired) electrons. The second-order valence-corrected chi connectivity index (χ2v) is 10.9. The second kappa shape index (κ2) is 12.3. The average molecular weight is 455 g/mol. The molecule has 5 heteroatoms. The second-order valence-electron chi connectivity index (χ2n) is 10.9. The lowest BCUT2D eigenvalue weighted by molar-refractivity contribution is -0.134. The molecule has 3 atom stereocenters. The third-order valence-electron chi connectivity index (χ3n) is 8.24. The Hall–Kier alpha value is -1.43. The number of carbonyl (C=O) groups is 1. The normalized spacial score (nSPS) is 26.9. The van der Waals surface area contributed by atoms with Crippen molar-refractivity contribution in [3.05, 3.63) is 35.9 Å². The monoisotopic (exact) mass is 454 g/mol. The number of benzene rings is 1. The quantitative estimate of drug-likeness (QED) is 0.580. The number of nitrogens with zero attached hydrogens (tertiary/aromatic N) is 3. The molecule has 0 saturated carbocycles. The van der Waals surface area contributed by atoms with Crippen molar-refractivity contribution < 1.29 is 4.79 Å². The molecule has 2 unspecified atom stereocenters. The Kier molecular flexibility index (Phi) is 9.22. The maximum atomic E-state index is 13.2. The molecule has 5 nitrogen and oxygen atoms in total. The lowest BCUT2D eigenvalue weighted by Gasteiger charge is -2.46. The van der Waals surface area contributed by atoms with Crippen LogP contribution in [0.15, 0.2) is 30.3 Å². The number of hydrogen-bond donors (Lipinski definition) is 1. The van der Waals surface area contributed by atoms with Crippen LogP contribution in [0.25, 0.3) is 0 Å². The van der Waals surface area contributed by atoms with E-state index in [4.69, 9.17) is 0 Å². The predicted octanol–water partition coefficient (Wildman–Crippen LogP) is 3.99. The molecule has 1 amide bonds. The van der Waals surface area contributed by atoms with E-state index in [1.807, 2.05) is 0 Å². The van der Waals surface area contributed by atoms with E-state index in [1.165, 1.54) is 25.1 Å². The molecule has 33 heavy (non-hydrogen) atoms. The van der Waals surface area contributed by atoms with Crippen molar-refractivity contribution >= 4 is 5.91 Å². The van der Waals surface area contributed by atoms with Crippen LogP contribution in [0, 0.1) is 11.8 Å². The number of amides is 1. The van der Waals surface area contributed by atoms with Gasteiger partial charge >= 0.3 is 0 Å². The van der Waals surface area contributed by atoms with Crippen molar-refractivity contribution in [2.45, 2.75) is 76.9 Å². The highest BCUT2D eigenvalue weighted by Gasteiger charge is 2.36. The van der Waals surface area contributed by atoms with Gasteiger partial charge in [-0.2, -0.15) is 0 Å². The van der Waals surface area contributed by atoms with Crippen molar-refractivity contribution in [1.82, 2.24) is 20.0 Å². The largest absolute Gasteiger partial charge is 0.340 e. The molecule has 1 N–H and O–H groups in total. The first-order chi connectivity index (χ1) is 16.1. The molecule has 3 aliphatic heterocycles. The minimum absolute atomic E-state index is 0.404. The zero-order valence-corrected chi connectivity index (χ0v) is 21.1. The molecule has 184 valence electrons. The standard InChI is InChI=1S/C28H46N4O/c1-3-4-15-32(26-13-16-30(2)17-14-26)28(33)12-8-11-27-25-18-24(19-29-27)21-31(22-25)20-23-9-6-5-7-10-23/h5-7,9-10,24-27,29H,3-4,8,11-22H2,1-2H3/t24?,25?,27-/m1/s1. The third-order valence-corrected chi connectivity index (χ3v) is 8.24. The van der Waals surface area contributed by atoms with E-state index in [0.717, 1.165) is 89.5 Å². The first-order valence-electron chi connectivity index (χ1n) is 13.6. The fraction of sp³-hybridized carbons (Fsp3) is 0.750. The van der Waals surface area contributed by atoms with Crippen molar-refractivity contribution in [3.8, 4) is 0 Å². The van der Waals surface area contributed by atoms with Gasteiger partial charge in [-0.1, -0.05) is 43.7 Å². The molecule has 3 fully saturated rings. The van der Waals surface area contributed by atoms with Crippen LogP contribution in [0.4, 0.5) is 0 Å². The van der Waals surface area contributed by atoms with Crippen LogP contribution >= 0.6 is 0 Å². The maximum absolute atomic E-state index is 13.2. The van der Waals surface area contributed by atoms with E-state index < -0.39 is 0 Å². The molecular formula is C28H46N4O. The Balaban J connectivity index is 1.25. The molecule has 3 saturated heterocycles. The first-order valence-corrected chi connectivity index (χ1v) is 13.6. The number of hydrogen-bond acceptors (Lipinski definition) is 4. The summed E-state index contributed by atoms with van der Waals surface area (Å²) in [4.78, 5) is 20.5. The Labute approximate surface area is 201 Å². The number of rotatable bonds is 10. The topological polar surface area (TPSA) is 38.8 Å². The fourth-order valence-electron chi connectivity index (χ4n) is 6.34. The van der Waals surface area contributed by atoms with Gasteiger partial charge in [0.2, 0.25) is 5.91 Å². The number of carbonyl (C=O) groups excluding carboxylic acids is 1. The first kappa shape index (κ1) is 24.7. The molecule has 0 aliphatic carbocycles. The zero-order valence-electron chi connectivity index (χ0n) is 21.1. The molecule has 3 aliphatic rings. The lowest BCUT2D eigenvalue weighted by Crippen LogP contribution is -2.55. The van der Waals surface area contributed by atoms with Crippen LogP contribution in [0.1, 0.15) is 63.9 Å². The summed E-state index contributed by atoms with van der Waals surface area (Å²) in [5.41, 5.74) is 1.42. The number of nitrogens with one attached hydrogen (secondary N) is 1. The van der Waals surface area contributed by atoms with Crippen LogP contribution in [0.2, 0.25) is 0 Å². The Bertz CT molecular complexity index is 718. The van der Waals surface area contributed by atoms with Crippen LogP contribution < -0.4 is 5.32 Å². The van der Waals surface area contributed by atoms with Crippen LogP contribution in [-0.2, 0) is 11.3 Å². The van der Waals surface area contributed by atoms with E-state index in [2.05, 4.69) is 64.3 Å². The highest BCUT2D eigenvalue weighted by atomic mass is 16.2. The molecule has 2 bridgehead atoms. The van der Waals surface area contributed by atoms with Gasteiger partial charge < -0.3 is 15.1 Å². The Morgan fingerprint density at radius 1 is 1.12 bits per heavy atom. The van der Waals surface area contributed by atoms with Gasteiger partial charge in [0.25, 0.3) is 0 Å². The van der Waals surface area contributed by atoms with Crippen LogP contribution in [-0.4, -0.2) is 79.0 Å². The highest BCUT2D eigenvalue weighted by molar-refractivity contribution is 5.76. The third kappa shape index (κ3) is 7.03. The average Bonchev–Trinajstić information content (AvgIpc) is 2.82. The fourth-order valence-corrected chi connectivity index (χ4v) is 6.34. The Morgan fingerprint density at radius 3 is 2.67 bits per heavy atom. The SMILES string of the molecule is CCCCN(C(=O)CCC[C@H]1NCC2CC1CN(Cc1ccccc1)C2)C1CCN(C)CC1. The summed E-state index contributed by atoms with van der Waals surface area (Å²) < 4.78 is 0. The highest BCUT2D eigenvalue weighted by Crippen LogP contribution is 2.31. The van der Waals surface area contributed by atoms with Gasteiger partial charge in [0.05, 0.1) is 0 Å². The van der Waals surface area contributed by atoms with Crippen molar-refractivity contribution in [2.75, 3.05) is 46.3 Å². The molecule has 4 rings (SSSR count). The summed E-state index contributed by atoms with van der Waals surface area (Å²) in [5, 5.41) is 3.85. The van der Waals surface area contributed by atoms with Gasteiger partial charge in [0.1, 0.15) is 0 Å². The van der Waals surface area contributed by atoms with Crippen LogP contribution in [0.5, 0.6) is 0 Å². The van der Waals surface area contributed by atoms with E-state index in [9.17, 15) is 4.79 Å². The van der Waals surface area contributed by atoms with Crippen LogP contribution in [0.3, 0.4) is 0 Å². The molecule has 1 aromatic carbocycles. The minimum atomic E-state index is 0.404. The smallest absolute Gasteiger partial charge is 0.222 e. The number of likely N-dealkylation sites (tertiary alicyclic amines) is 2. The Morgan fingerprint density at radius 2 is 1.91 bits per heavy atom. The van der Waals surface area contributed by atoms with Gasteiger partial charge in [-0.3, -0.25) is 9.69 Å². The van der Waals surface area contributed by atoms with Gasteiger partial charge in [-0.05, 0) is 82.6 Å². The zero-order chi connectivity index (χ0) is 23.0. The summed E-state index contributed by atoms with van der Waals surface area (Å²) in [7, 11) is 2.20. The van der Waals surface area contributed by atoms with E-state index in [-0.39, 0.29) is 0 Å². The molecule has 0 aromatic heterocycles. The van der Waals surface area contributed by atoms with Crippen molar-refractivity contribution in [2.24, 2.45) is 11.8 Å². The summed E-state index contributed by atoms with van der Waals surface area (Å²) in [6, 6.07) is 11.9. The van der Waals surface area contributed by atoms with Crippen molar-refractivity contribution in [3.63, 3.8) is 0 Å². The predicted molar refractivity (Wildman–Crippen MR) is 136 cm³/mol. The molecule has 1 aromatic rings. The van der Waals surface area contributed by atoms with Gasteiger partial charge in [-0.15, -0.1) is 0 Å². The van der Waals surface area contributed by atoms with Gasteiger partial charge in [0.15, 0.2) is 0 Å². The number of unbranched alkanes of at least 4 members (excludes halogenated alkanes) is 1. The lowest BCUT2D eigenvalue weighted by atomic mass is 9.79. The summed E-state index contributed by atoms with van der Waals surface area (Å²) in [6.45, 7) is 10.0. The number of piperidine rings is 3. The molecule has 3 heterocycles. The van der Waals surface area contributed by atoms with E-state index in [0.29, 0.717) is 18.0 Å². The van der Waals surface area contributed by atoms with Gasteiger partial charge in [-0.25, -0.2) is 0 Å². The molecule has 0 spiro atoms. The molecular weight excluding hydrogens is 408 g/mol. The van der Waals surface area contributed by atoms with E-state index in [1.54, 1.807) is 0 Å². The van der Waals surface area contributed by atoms with E-state index >= 15 is 0 Å². The van der Waals surface area contributed by atoms with Gasteiger partial charge in [0, 0.05) is 44.7 Å². The maximum Gasteiger partial charge on any atom is 0.222 e.